The van der Waals surface area contributed by atoms with Gasteiger partial charge in [-0.2, -0.15) is 4.98 Å². The van der Waals surface area contributed by atoms with Crippen molar-refractivity contribution in [2.75, 3.05) is 7.05 Å². The molecule has 0 aliphatic rings. The van der Waals surface area contributed by atoms with E-state index in [2.05, 4.69) is 10.1 Å². The van der Waals surface area contributed by atoms with Crippen LogP contribution in [0.4, 0.5) is 0 Å². The Morgan fingerprint density at radius 2 is 1.81 bits per heavy atom. The third-order valence-electron chi connectivity index (χ3n) is 3.70. The third kappa shape index (κ3) is 4.15. The first kappa shape index (κ1) is 18.2. The highest BCUT2D eigenvalue weighted by atomic mass is 35.5. The Morgan fingerprint density at radius 3 is 2.46 bits per heavy atom. The molecule has 26 heavy (non-hydrogen) atoms. The van der Waals surface area contributed by atoms with Crippen LogP contribution in [-0.2, 0) is 13.0 Å². The molecule has 1 N–H and O–H groups in total. The van der Waals surface area contributed by atoms with Crippen molar-refractivity contribution >= 4 is 29.1 Å². The summed E-state index contributed by atoms with van der Waals surface area (Å²) < 4.78 is 5.14. The number of phenolic OH excluding ortho intramolecular Hbond substituents is 1. The van der Waals surface area contributed by atoms with E-state index in [4.69, 9.17) is 27.7 Å². The topological polar surface area (TPSA) is 79.5 Å². The SMILES string of the molecule is CN(Cc1ccccc1)C(=O)c1noc(Cc2cc(Cl)c(O)c(Cl)c2)n1. The molecule has 6 nitrogen and oxygen atoms in total. The minimum Gasteiger partial charge on any atom is -0.505 e. The van der Waals surface area contributed by atoms with E-state index in [0.717, 1.165) is 5.56 Å². The zero-order valence-corrected chi connectivity index (χ0v) is 15.3. The van der Waals surface area contributed by atoms with Crippen molar-refractivity contribution in [3.05, 3.63) is 75.4 Å². The van der Waals surface area contributed by atoms with Crippen LogP contribution >= 0.6 is 23.2 Å². The molecule has 2 aromatic carbocycles. The Hall–Kier alpha value is -2.57. The Labute approximate surface area is 160 Å². The van der Waals surface area contributed by atoms with Gasteiger partial charge < -0.3 is 14.5 Å². The van der Waals surface area contributed by atoms with E-state index in [-0.39, 0.29) is 39.8 Å². The molecule has 0 unspecified atom stereocenters. The van der Waals surface area contributed by atoms with E-state index in [1.54, 1.807) is 19.2 Å². The van der Waals surface area contributed by atoms with Crippen LogP contribution in [-0.4, -0.2) is 33.1 Å². The minimum atomic E-state index is -0.342. The van der Waals surface area contributed by atoms with Crippen molar-refractivity contribution in [3.8, 4) is 5.75 Å². The number of hydrogen-bond donors (Lipinski definition) is 1. The molecule has 0 aliphatic heterocycles. The van der Waals surface area contributed by atoms with Gasteiger partial charge in [0.2, 0.25) is 5.89 Å². The van der Waals surface area contributed by atoms with Crippen molar-refractivity contribution in [3.63, 3.8) is 0 Å². The number of carbonyl (C=O) groups is 1. The van der Waals surface area contributed by atoms with Crippen molar-refractivity contribution < 1.29 is 14.4 Å². The van der Waals surface area contributed by atoms with E-state index in [1.807, 2.05) is 30.3 Å². The highest BCUT2D eigenvalue weighted by molar-refractivity contribution is 6.37. The molecule has 0 bridgehead atoms. The Kier molecular flexibility index (Phi) is 5.44. The molecular weight excluding hydrogens is 377 g/mol. The quantitative estimate of drug-likeness (QED) is 0.712. The number of aromatic hydroxyl groups is 1. The Morgan fingerprint density at radius 1 is 1.15 bits per heavy atom. The van der Waals surface area contributed by atoms with Gasteiger partial charge in [-0.15, -0.1) is 0 Å². The summed E-state index contributed by atoms with van der Waals surface area (Å²) in [5.41, 5.74) is 1.68. The van der Waals surface area contributed by atoms with Crippen LogP contribution in [0.5, 0.6) is 5.75 Å². The maximum atomic E-state index is 12.4. The minimum absolute atomic E-state index is 0.0191. The van der Waals surface area contributed by atoms with Crippen LogP contribution in [0.2, 0.25) is 10.0 Å². The molecule has 3 rings (SSSR count). The van der Waals surface area contributed by atoms with Gasteiger partial charge in [0.15, 0.2) is 5.75 Å². The monoisotopic (exact) mass is 391 g/mol. The van der Waals surface area contributed by atoms with E-state index < -0.39 is 0 Å². The van der Waals surface area contributed by atoms with E-state index in [9.17, 15) is 9.90 Å². The fraction of sp³-hybridized carbons (Fsp3) is 0.167. The lowest BCUT2D eigenvalue weighted by atomic mass is 10.1. The van der Waals surface area contributed by atoms with Gasteiger partial charge in [0, 0.05) is 13.6 Å². The molecule has 0 spiro atoms. The van der Waals surface area contributed by atoms with Gasteiger partial charge >= 0.3 is 0 Å². The molecule has 1 heterocycles. The van der Waals surface area contributed by atoms with Gasteiger partial charge in [0.05, 0.1) is 16.5 Å². The fourth-order valence-corrected chi connectivity index (χ4v) is 2.94. The normalized spacial score (nSPS) is 10.7. The van der Waals surface area contributed by atoms with E-state index in [0.29, 0.717) is 12.1 Å². The van der Waals surface area contributed by atoms with Gasteiger partial charge in [0.1, 0.15) is 0 Å². The van der Waals surface area contributed by atoms with Gasteiger partial charge in [-0.1, -0.05) is 58.7 Å². The van der Waals surface area contributed by atoms with Gasteiger partial charge in [-0.3, -0.25) is 4.79 Å². The zero-order chi connectivity index (χ0) is 18.7. The van der Waals surface area contributed by atoms with Gasteiger partial charge in [-0.25, -0.2) is 0 Å². The molecule has 0 fully saturated rings. The Balaban J connectivity index is 1.70. The summed E-state index contributed by atoms with van der Waals surface area (Å²) >= 11 is 11.8. The maximum absolute atomic E-state index is 12.4. The third-order valence-corrected chi connectivity index (χ3v) is 4.28. The standard InChI is InChI=1S/C18H15Cl2N3O3/c1-23(10-11-5-3-2-4-6-11)18(25)17-21-15(26-22-17)9-12-7-13(19)16(24)14(20)8-12/h2-8,24H,9-10H2,1H3. The van der Waals surface area contributed by atoms with Crippen LogP contribution in [0.15, 0.2) is 47.0 Å². The molecular formula is C18H15Cl2N3O3. The van der Waals surface area contributed by atoms with Crippen LogP contribution in [0.1, 0.15) is 27.6 Å². The molecule has 3 aromatic rings. The summed E-state index contributed by atoms with van der Waals surface area (Å²) in [4.78, 5) is 18.1. The second-order valence-corrected chi connectivity index (χ2v) is 6.56. The van der Waals surface area contributed by atoms with Crippen molar-refractivity contribution in [2.45, 2.75) is 13.0 Å². The summed E-state index contributed by atoms with van der Waals surface area (Å²) in [5, 5.41) is 13.6. The Bertz CT molecular complexity index is 905. The van der Waals surface area contributed by atoms with E-state index in [1.165, 1.54) is 4.90 Å². The number of phenols is 1. The predicted octanol–water partition coefficient (Wildman–Crippen LogP) is 3.95. The first-order chi connectivity index (χ1) is 12.4. The second kappa shape index (κ2) is 7.76. The lowest BCUT2D eigenvalue weighted by Gasteiger charge is -2.14. The molecule has 0 atom stereocenters. The zero-order valence-electron chi connectivity index (χ0n) is 13.8. The number of hydrogen-bond acceptors (Lipinski definition) is 5. The number of carbonyl (C=O) groups excluding carboxylic acids is 1. The maximum Gasteiger partial charge on any atom is 0.295 e. The summed E-state index contributed by atoms with van der Waals surface area (Å²) in [5.74, 6) is -0.291. The molecule has 0 radical (unpaired) electrons. The number of rotatable bonds is 5. The number of aromatic nitrogens is 2. The van der Waals surface area contributed by atoms with Gasteiger partial charge in [-0.05, 0) is 23.3 Å². The van der Waals surface area contributed by atoms with Crippen molar-refractivity contribution in [1.29, 1.82) is 0 Å². The largest absolute Gasteiger partial charge is 0.505 e. The smallest absolute Gasteiger partial charge is 0.295 e. The summed E-state index contributed by atoms with van der Waals surface area (Å²) in [7, 11) is 1.67. The first-order valence-corrected chi connectivity index (χ1v) is 8.48. The second-order valence-electron chi connectivity index (χ2n) is 5.74. The molecule has 0 aliphatic carbocycles. The summed E-state index contributed by atoms with van der Waals surface area (Å²) in [6, 6.07) is 12.7. The molecule has 1 amide bonds. The van der Waals surface area contributed by atoms with E-state index >= 15 is 0 Å². The number of halogens is 2. The first-order valence-electron chi connectivity index (χ1n) is 7.73. The lowest BCUT2D eigenvalue weighted by molar-refractivity contribution is 0.0769. The average molecular weight is 392 g/mol. The highest BCUT2D eigenvalue weighted by Gasteiger charge is 2.19. The molecule has 134 valence electrons. The van der Waals surface area contributed by atoms with Crippen LogP contribution in [0.25, 0.3) is 0 Å². The van der Waals surface area contributed by atoms with Crippen LogP contribution < -0.4 is 0 Å². The lowest BCUT2D eigenvalue weighted by Crippen LogP contribution is -2.27. The number of amides is 1. The fourth-order valence-electron chi connectivity index (χ4n) is 2.41. The summed E-state index contributed by atoms with van der Waals surface area (Å²) in [6.45, 7) is 0.437. The van der Waals surface area contributed by atoms with Gasteiger partial charge in [0.25, 0.3) is 11.7 Å². The number of benzene rings is 2. The summed E-state index contributed by atoms with van der Waals surface area (Å²) in [6.07, 6.45) is 0.238. The highest BCUT2D eigenvalue weighted by Crippen LogP contribution is 2.33. The number of nitrogens with zero attached hydrogens (tertiary/aromatic N) is 3. The molecule has 8 heteroatoms. The van der Waals surface area contributed by atoms with Crippen LogP contribution in [0, 0.1) is 0 Å². The van der Waals surface area contributed by atoms with Crippen LogP contribution in [0.3, 0.4) is 0 Å². The predicted molar refractivity (Wildman–Crippen MR) is 97.5 cm³/mol. The van der Waals surface area contributed by atoms with Crippen molar-refractivity contribution in [1.82, 2.24) is 15.0 Å². The molecule has 1 aromatic heterocycles. The average Bonchev–Trinajstić information content (AvgIpc) is 3.08. The molecule has 0 saturated carbocycles. The molecule has 0 saturated heterocycles. The van der Waals surface area contributed by atoms with Crippen molar-refractivity contribution in [2.24, 2.45) is 0 Å².